The lowest BCUT2D eigenvalue weighted by Gasteiger charge is -2.01. The maximum Gasteiger partial charge on any atom is 0.433 e. The van der Waals surface area contributed by atoms with Crippen molar-refractivity contribution in [3.05, 3.63) is 63.9 Å². The van der Waals surface area contributed by atoms with Gasteiger partial charge in [0.05, 0.1) is 13.2 Å². The van der Waals surface area contributed by atoms with Crippen molar-refractivity contribution >= 4 is 24.1 Å². The Balaban J connectivity index is 1.86. The van der Waals surface area contributed by atoms with Crippen molar-refractivity contribution in [1.29, 1.82) is 0 Å². The number of allylic oxidation sites excluding steroid dienone is 1. The van der Waals surface area contributed by atoms with Crippen molar-refractivity contribution < 1.29 is 18.9 Å². The number of nitrogens with one attached hydrogen (secondary N) is 1. The van der Waals surface area contributed by atoms with Gasteiger partial charge >= 0.3 is 5.88 Å². The molecule has 0 radical (unpaired) electrons. The minimum absolute atomic E-state index is 0.310. The van der Waals surface area contributed by atoms with Gasteiger partial charge in [-0.05, 0) is 42.5 Å². The number of hydrogen-bond acceptors (Lipinski definition) is 6. The summed E-state index contributed by atoms with van der Waals surface area (Å²) in [5.41, 5.74) is 2.78. The number of hydrazone groups is 1. The van der Waals surface area contributed by atoms with Crippen molar-refractivity contribution in [3.63, 3.8) is 0 Å². The molecule has 1 amide bonds. The van der Waals surface area contributed by atoms with Crippen LogP contribution in [0.5, 0.6) is 5.75 Å². The second-order valence-electron chi connectivity index (χ2n) is 4.24. The zero-order valence-corrected chi connectivity index (χ0v) is 12.1. The summed E-state index contributed by atoms with van der Waals surface area (Å²) < 4.78 is 9.92. The number of furan rings is 1. The fraction of sp³-hybridized carbons (Fsp3) is 0.0667. The average molecular weight is 315 g/mol. The lowest BCUT2D eigenvalue weighted by molar-refractivity contribution is -0.402. The van der Waals surface area contributed by atoms with Crippen LogP contribution in [0, 0.1) is 10.1 Å². The van der Waals surface area contributed by atoms with Gasteiger partial charge in [0.1, 0.15) is 16.4 Å². The first-order valence-electron chi connectivity index (χ1n) is 6.48. The standard InChI is InChI=1S/C15H13N3O5/c1-22-12-6-4-11(5-7-12)15(19)17-16-10-2-3-13-8-9-14(23-13)18(20)21/h2-10H,1H3,(H,17,19)/b3-2+,16-10+. The van der Waals surface area contributed by atoms with Crippen LogP contribution in [0.15, 0.2) is 52.0 Å². The van der Waals surface area contributed by atoms with Crippen molar-refractivity contribution in [2.24, 2.45) is 5.10 Å². The molecule has 1 aromatic carbocycles. The zero-order chi connectivity index (χ0) is 16.7. The molecule has 23 heavy (non-hydrogen) atoms. The van der Waals surface area contributed by atoms with E-state index in [1.54, 1.807) is 31.4 Å². The van der Waals surface area contributed by atoms with E-state index in [1.807, 2.05) is 0 Å². The molecule has 1 aromatic heterocycles. The summed E-state index contributed by atoms with van der Waals surface area (Å²) in [5.74, 6) is 0.255. The summed E-state index contributed by atoms with van der Waals surface area (Å²) in [6.07, 6.45) is 4.29. The number of methoxy groups -OCH3 is 1. The number of nitrogens with zero attached hydrogens (tertiary/aromatic N) is 2. The van der Waals surface area contributed by atoms with Crippen LogP contribution in [0.3, 0.4) is 0 Å². The van der Waals surface area contributed by atoms with E-state index in [2.05, 4.69) is 10.5 Å². The van der Waals surface area contributed by atoms with Gasteiger partial charge in [0, 0.05) is 11.8 Å². The molecular formula is C15H13N3O5. The highest BCUT2D eigenvalue weighted by molar-refractivity contribution is 5.94. The summed E-state index contributed by atoms with van der Waals surface area (Å²) in [7, 11) is 1.54. The summed E-state index contributed by atoms with van der Waals surface area (Å²) in [6.45, 7) is 0. The van der Waals surface area contributed by atoms with Gasteiger partial charge in [-0.1, -0.05) is 0 Å². The van der Waals surface area contributed by atoms with E-state index < -0.39 is 4.92 Å². The van der Waals surface area contributed by atoms with Crippen LogP contribution in [-0.4, -0.2) is 24.2 Å². The second-order valence-corrected chi connectivity index (χ2v) is 4.24. The molecule has 0 aliphatic heterocycles. The molecule has 2 aromatic rings. The highest BCUT2D eigenvalue weighted by Gasteiger charge is 2.09. The van der Waals surface area contributed by atoms with Crippen molar-refractivity contribution in [1.82, 2.24) is 5.43 Å². The summed E-state index contributed by atoms with van der Waals surface area (Å²) in [6, 6.07) is 9.27. The largest absolute Gasteiger partial charge is 0.497 e. The van der Waals surface area contributed by atoms with Crippen molar-refractivity contribution in [2.75, 3.05) is 7.11 Å². The van der Waals surface area contributed by atoms with Crippen LogP contribution < -0.4 is 10.2 Å². The molecule has 8 nitrogen and oxygen atoms in total. The lowest BCUT2D eigenvalue weighted by atomic mass is 10.2. The van der Waals surface area contributed by atoms with Crippen LogP contribution in [0.4, 0.5) is 5.88 Å². The Morgan fingerprint density at radius 1 is 1.30 bits per heavy atom. The van der Waals surface area contributed by atoms with E-state index in [1.165, 1.54) is 30.5 Å². The van der Waals surface area contributed by atoms with E-state index in [9.17, 15) is 14.9 Å². The number of hydrogen-bond donors (Lipinski definition) is 1. The first-order valence-corrected chi connectivity index (χ1v) is 6.48. The number of amides is 1. The first-order chi connectivity index (χ1) is 11.1. The normalized spacial score (nSPS) is 11.0. The molecule has 0 spiro atoms. The molecular weight excluding hydrogens is 302 g/mol. The predicted molar refractivity (Wildman–Crippen MR) is 83.3 cm³/mol. The molecule has 0 aliphatic carbocycles. The van der Waals surface area contributed by atoms with Crippen molar-refractivity contribution in [3.8, 4) is 5.75 Å². The molecule has 2 rings (SSSR count). The van der Waals surface area contributed by atoms with E-state index in [0.717, 1.165) is 0 Å². The monoisotopic (exact) mass is 315 g/mol. The Kier molecular flexibility index (Phi) is 5.24. The first kappa shape index (κ1) is 16.0. The number of benzene rings is 1. The highest BCUT2D eigenvalue weighted by atomic mass is 16.6. The van der Waals surface area contributed by atoms with Gasteiger partial charge in [-0.15, -0.1) is 0 Å². The summed E-state index contributed by atoms with van der Waals surface area (Å²) in [5, 5.41) is 14.2. The van der Waals surface area contributed by atoms with Crippen LogP contribution in [0.25, 0.3) is 6.08 Å². The minimum Gasteiger partial charge on any atom is -0.497 e. The van der Waals surface area contributed by atoms with Crippen molar-refractivity contribution in [2.45, 2.75) is 0 Å². The summed E-state index contributed by atoms with van der Waals surface area (Å²) >= 11 is 0. The SMILES string of the molecule is COc1ccc(C(=O)N/N=C/C=C/c2ccc([N+](=O)[O-])o2)cc1. The fourth-order valence-electron chi connectivity index (χ4n) is 1.61. The van der Waals surface area contributed by atoms with E-state index in [-0.39, 0.29) is 11.8 Å². The number of ether oxygens (including phenoxy) is 1. The summed E-state index contributed by atoms with van der Waals surface area (Å²) in [4.78, 5) is 21.6. The molecule has 1 N–H and O–H groups in total. The van der Waals surface area contributed by atoms with Crippen LogP contribution >= 0.6 is 0 Å². The third kappa shape index (κ3) is 4.53. The Morgan fingerprint density at radius 3 is 2.65 bits per heavy atom. The average Bonchev–Trinajstić information content (AvgIpc) is 3.03. The third-order valence-corrected chi connectivity index (χ3v) is 2.73. The Labute approximate surface area is 131 Å². The number of carbonyl (C=O) groups excluding carboxylic acids is 1. The van der Waals surface area contributed by atoms with E-state index in [0.29, 0.717) is 17.1 Å². The van der Waals surface area contributed by atoms with Gasteiger partial charge in [0.2, 0.25) is 0 Å². The second kappa shape index (κ2) is 7.55. The molecule has 0 bridgehead atoms. The van der Waals surface area contributed by atoms with Gasteiger partial charge in [-0.3, -0.25) is 14.9 Å². The molecule has 0 fully saturated rings. The molecule has 0 atom stereocenters. The Bertz CT molecular complexity index is 747. The van der Waals surface area contributed by atoms with E-state index in [4.69, 9.17) is 9.15 Å². The molecule has 118 valence electrons. The van der Waals surface area contributed by atoms with Crippen LogP contribution in [-0.2, 0) is 0 Å². The van der Waals surface area contributed by atoms with Crippen LogP contribution in [0.1, 0.15) is 16.1 Å². The molecule has 0 saturated heterocycles. The topological polar surface area (TPSA) is 107 Å². The Morgan fingerprint density at radius 2 is 2.04 bits per heavy atom. The van der Waals surface area contributed by atoms with Gasteiger partial charge in [0.25, 0.3) is 5.91 Å². The predicted octanol–water partition coefficient (Wildman–Crippen LogP) is 2.63. The molecule has 0 aliphatic rings. The Hall–Kier alpha value is -3.42. The maximum absolute atomic E-state index is 11.8. The van der Waals surface area contributed by atoms with Crippen LogP contribution in [0.2, 0.25) is 0 Å². The minimum atomic E-state index is -0.624. The third-order valence-electron chi connectivity index (χ3n) is 2.73. The maximum atomic E-state index is 11.8. The molecule has 0 unspecified atom stereocenters. The highest BCUT2D eigenvalue weighted by Crippen LogP contribution is 2.16. The fourth-order valence-corrected chi connectivity index (χ4v) is 1.61. The lowest BCUT2D eigenvalue weighted by Crippen LogP contribution is -2.17. The van der Waals surface area contributed by atoms with Gasteiger partial charge in [-0.2, -0.15) is 5.10 Å². The van der Waals surface area contributed by atoms with E-state index >= 15 is 0 Å². The molecule has 8 heteroatoms. The smallest absolute Gasteiger partial charge is 0.433 e. The molecule has 1 heterocycles. The zero-order valence-electron chi connectivity index (χ0n) is 12.1. The molecule has 0 saturated carbocycles. The quantitative estimate of drug-likeness (QED) is 0.501. The number of nitro groups is 1. The number of carbonyl (C=O) groups is 1. The van der Waals surface area contributed by atoms with Gasteiger partial charge in [-0.25, -0.2) is 5.43 Å². The number of rotatable bonds is 6. The van der Waals surface area contributed by atoms with Gasteiger partial charge in [0.15, 0.2) is 0 Å². The van der Waals surface area contributed by atoms with Gasteiger partial charge < -0.3 is 9.15 Å².